The molecule has 0 spiro atoms. The number of nitrogens with one attached hydrogen (secondary N) is 1. The van der Waals surface area contributed by atoms with E-state index in [1.807, 2.05) is 18.2 Å². The van der Waals surface area contributed by atoms with Crippen molar-refractivity contribution < 1.29 is 17.6 Å². The van der Waals surface area contributed by atoms with Crippen LogP contribution in [0.25, 0.3) is 16.7 Å². The van der Waals surface area contributed by atoms with E-state index in [1.54, 1.807) is 23.7 Å². The second-order valence-electron chi connectivity index (χ2n) is 6.29. The summed E-state index contributed by atoms with van der Waals surface area (Å²) in [5.41, 5.74) is -0.573. The van der Waals surface area contributed by atoms with Crippen LogP contribution >= 0.6 is 15.9 Å². The largest absolute Gasteiger partial charge is 0.419 e. The third-order valence-electron chi connectivity index (χ3n) is 4.46. The number of nitrogens with zero attached hydrogens (tertiary/aromatic N) is 3. The number of fused-ring (bicyclic) bond motifs is 3. The van der Waals surface area contributed by atoms with Crippen molar-refractivity contribution in [2.24, 2.45) is 0 Å². The number of anilines is 1. The Kier molecular flexibility index (Phi) is 4.49. The third-order valence-corrected chi connectivity index (χ3v) is 4.95. The Balaban J connectivity index is 1.81. The number of imidazole rings is 1. The number of hydrogen-bond donors (Lipinski definition) is 1. The van der Waals surface area contributed by atoms with Gasteiger partial charge in [0.05, 0.1) is 17.1 Å². The first-order valence-corrected chi connectivity index (χ1v) is 9.09. The second kappa shape index (κ2) is 6.73. The van der Waals surface area contributed by atoms with Gasteiger partial charge in [0.15, 0.2) is 0 Å². The van der Waals surface area contributed by atoms with Gasteiger partial charge in [-0.1, -0.05) is 28.1 Å². The molecule has 144 valence electrons. The molecule has 1 N–H and O–H groups in total. The summed E-state index contributed by atoms with van der Waals surface area (Å²) in [6, 6.07) is 8.06. The standard InChI is InChI=1S/C19H13BrF4N4/c1-10(12-3-2-4-14(16(12)21)19(22,23)24)26-17-13-9-11(20)5-6-15(13)28-8-7-25-18(28)27-17/h2-10H,1H3,(H,25,26,27). The van der Waals surface area contributed by atoms with Gasteiger partial charge in [-0.25, -0.2) is 9.37 Å². The molecule has 9 heteroatoms. The smallest absolute Gasteiger partial charge is 0.363 e. The molecule has 2 aromatic heterocycles. The average Bonchev–Trinajstić information content (AvgIpc) is 3.09. The van der Waals surface area contributed by atoms with Gasteiger partial charge in [0, 0.05) is 27.8 Å². The molecule has 0 aliphatic carbocycles. The van der Waals surface area contributed by atoms with Crippen LogP contribution in [0, 0.1) is 5.82 Å². The average molecular weight is 453 g/mol. The van der Waals surface area contributed by atoms with Crippen LogP contribution in [-0.4, -0.2) is 14.4 Å². The van der Waals surface area contributed by atoms with E-state index in [0.29, 0.717) is 11.6 Å². The topological polar surface area (TPSA) is 42.2 Å². The maximum absolute atomic E-state index is 14.5. The predicted molar refractivity (Wildman–Crippen MR) is 102 cm³/mol. The Morgan fingerprint density at radius 1 is 1.18 bits per heavy atom. The van der Waals surface area contributed by atoms with E-state index < -0.39 is 23.6 Å². The van der Waals surface area contributed by atoms with Crippen molar-refractivity contribution >= 4 is 38.4 Å². The highest BCUT2D eigenvalue weighted by molar-refractivity contribution is 9.10. The third kappa shape index (κ3) is 3.19. The van der Waals surface area contributed by atoms with Crippen LogP contribution in [0.1, 0.15) is 24.1 Å². The van der Waals surface area contributed by atoms with Crippen LogP contribution in [0.3, 0.4) is 0 Å². The molecule has 0 fully saturated rings. The zero-order chi connectivity index (χ0) is 20.1. The fraction of sp³-hybridized carbons (Fsp3) is 0.158. The Labute approximate surface area is 165 Å². The Morgan fingerprint density at radius 3 is 2.71 bits per heavy atom. The van der Waals surface area contributed by atoms with Crippen molar-refractivity contribution in [3.8, 4) is 0 Å². The molecule has 0 amide bonds. The van der Waals surface area contributed by atoms with E-state index in [4.69, 9.17) is 0 Å². The molecule has 0 aliphatic heterocycles. The van der Waals surface area contributed by atoms with Crippen LogP contribution in [0.15, 0.2) is 53.3 Å². The Hall–Kier alpha value is -2.68. The fourth-order valence-electron chi connectivity index (χ4n) is 3.13. The van der Waals surface area contributed by atoms with E-state index >= 15 is 0 Å². The van der Waals surface area contributed by atoms with Crippen LogP contribution in [0.4, 0.5) is 23.4 Å². The van der Waals surface area contributed by atoms with Crippen molar-refractivity contribution in [3.05, 3.63) is 70.2 Å². The van der Waals surface area contributed by atoms with E-state index in [1.165, 1.54) is 12.1 Å². The van der Waals surface area contributed by atoms with E-state index in [0.717, 1.165) is 21.4 Å². The van der Waals surface area contributed by atoms with Crippen molar-refractivity contribution in [1.82, 2.24) is 14.4 Å². The van der Waals surface area contributed by atoms with E-state index in [-0.39, 0.29) is 5.56 Å². The van der Waals surface area contributed by atoms with Gasteiger partial charge < -0.3 is 5.32 Å². The highest BCUT2D eigenvalue weighted by atomic mass is 79.9. The van der Waals surface area contributed by atoms with E-state index in [2.05, 4.69) is 31.2 Å². The second-order valence-corrected chi connectivity index (χ2v) is 7.21. The molecule has 0 radical (unpaired) electrons. The van der Waals surface area contributed by atoms with Gasteiger partial charge in [0.25, 0.3) is 0 Å². The minimum atomic E-state index is -4.76. The molecule has 0 aliphatic rings. The Morgan fingerprint density at radius 2 is 1.96 bits per heavy atom. The lowest BCUT2D eigenvalue weighted by Gasteiger charge is -2.19. The quantitative estimate of drug-likeness (QED) is 0.389. The number of halogens is 5. The van der Waals surface area contributed by atoms with E-state index in [9.17, 15) is 17.6 Å². The first kappa shape index (κ1) is 18.7. The van der Waals surface area contributed by atoms with Gasteiger partial charge in [-0.15, -0.1) is 0 Å². The SMILES string of the molecule is CC(Nc1nc2nccn2c2ccc(Br)cc12)c1cccc(C(F)(F)F)c1F. The van der Waals surface area contributed by atoms with Crippen LogP contribution in [-0.2, 0) is 6.18 Å². The van der Waals surface area contributed by atoms with Crippen molar-refractivity contribution in [1.29, 1.82) is 0 Å². The minimum Gasteiger partial charge on any atom is -0.363 e. The number of rotatable bonds is 3. The first-order valence-electron chi connectivity index (χ1n) is 8.30. The highest BCUT2D eigenvalue weighted by Crippen LogP contribution is 2.35. The van der Waals surface area contributed by atoms with Gasteiger partial charge >= 0.3 is 6.18 Å². The molecule has 1 atom stereocenters. The van der Waals surface area contributed by atoms with Crippen molar-refractivity contribution in [2.75, 3.05) is 5.32 Å². The summed E-state index contributed by atoms with van der Waals surface area (Å²) in [5.74, 6) is -0.462. The molecule has 0 saturated carbocycles. The van der Waals surface area contributed by atoms with Gasteiger partial charge in [-0.2, -0.15) is 18.2 Å². The van der Waals surface area contributed by atoms with Crippen LogP contribution in [0.2, 0.25) is 0 Å². The molecular weight excluding hydrogens is 440 g/mol. The predicted octanol–water partition coefficient (Wildman–Crippen LogP) is 5.98. The molecule has 2 heterocycles. The summed E-state index contributed by atoms with van der Waals surface area (Å²) in [6.45, 7) is 1.58. The summed E-state index contributed by atoms with van der Waals surface area (Å²) in [7, 11) is 0. The van der Waals surface area contributed by atoms with Gasteiger partial charge in [0.1, 0.15) is 11.6 Å². The molecule has 0 bridgehead atoms. The number of hydrogen-bond acceptors (Lipinski definition) is 3. The summed E-state index contributed by atoms with van der Waals surface area (Å²) >= 11 is 3.41. The molecule has 1 unspecified atom stereocenters. The molecule has 4 aromatic rings. The lowest BCUT2D eigenvalue weighted by molar-refractivity contribution is -0.140. The monoisotopic (exact) mass is 452 g/mol. The first-order chi connectivity index (χ1) is 13.3. The number of benzene rings is 2. The van der Waals surface area contributed by atoms with Crippen LogP contribution in [0.5, 0.6) is 0 Å². The maximum atomic E-state index is 14.5. The van der Waals surface area contributed by atoms with Crippen molar-refractivity contribution in [3.63, 3.8) is 0 Å². The molecule has 28 heavy (non-hydrogen) atoms. The molecule has 4 rings (SSSR count). The zero-order valence-electron chi connectivity index (χ0n) is 14.4. The summed E-state index contributed by atoms with van der Waals surface area (Å²) in [5, 5.41) is 3.76. The summed E-state index contributed by atoms with van der Waals surface area (Å²) in [6.07, 6.45) is -1.40. The van der Waals surface area contributed by atoms with Gasteiger partial charge in [-0.05, 0) is 31.2 Å². The fourth-order valence-corrected chi connectivity index (χ4v) is 3.49. The molecule has 0 saturated heterocycles. The van der Waals surface area contributed by atoms with Gasteiger partial charge in [-0.3, -0.25) is 4.40 Å². The van der Waals surface area contributed by atoms with Crippen LogP contribution < -0.4 is 5.32 Å². The molecule has 4 nitrogen and oxygen atoms in total. The normalized spacial score (nSPS) is 13.2. The minimum absolute atomic E-state index is 0.0945. The molecule has 2 aromatic carbocycles. The number of aromatic nitrogens is 3. The van der Waals surface area contributed by atoms with Gasteiger partial charge in [0.2, 0.25) is 5.78 Å². The maximum Gasteiger partial charge on any atom is 0.419 e. The lowest BCUT2D eigenvalue weighted by Crippen LogP contribution is -2.15. The number of alkyl halides is 3. The van der Waals surface area contributed by atoms with Crippen molar-refractivity contribution in [2.45, 2.75) is 19.1 Å². The summed E-state index contributed by atoms with van der Waals surface area (Å²) < 4.78 is 56.2. The highest BCUT2D eigenvalue weighted by Gasteiger charge is 2.35. The lowest BCUT2D eigenvalue weighted by atomic mass is 10.0. The zero-order valence-corrected chi connectivity index (χ0v) is 16.0. The summed E-state index contributed by atoms with van der Waals surface area (Å²) in [4.78, 5) is 8.62. The molecular formula is C19H13BrF4N4. The Bertz CT molecular complexity index is 1190.